The zero-order valence-corrected chi connectivity index (χ0v) is 11.3. The maximum Gasteiger partial charge on any atom is 0.157 e. The van der Waals surface area contributed by atoms with Crippen LogP contribution >= 0.6 is 15.9 Å². The average molecular weight is 314 g/mol. The van der Waals surface area contributed by atoms with Crippen LogP contribution in [0.4, 0.5) is 5.82 Å². The Morgan fingerprint density at radius 1 is 1.32 bits per heavy atom. The molecule has 2 N–H and O–H groups in total. The van der Waals surface area contributed by atoms with Gasteiger partial charge in [0.15, 0.2) is 5.65 Å². The number of halogens is 1. The van der Waals surface area contributed by atoms with Gasteiger partial charge >= 0.3 is 0 Å². The molecule has 0 saturated carbocycles. The van der Waals surface area contributed by atoms with Crippen LogP contribution in [0.5, 0.6) is 0 Å². The Labute approximate surface area is 117 Å². The van der Waals surface area contributed by atoms with E-state index in [-0.39, 0.29) is 0 Å². The lowest BCUT2D eigenvalue weighted by molar-refractivity contribution is 0.952. The first-order valence-electron chi connectivity index (χ1n) is 5.49. The van der Waals surface area contributed by atoms with Gasteiger partial charge in [0.05, 0.1) is 11.9 Å². The number of fused-ring (bicyclic) bond motifs is 1. The highest BCUT2D eigenvalue weighted by Gasteiger charge is 2.10. The van der Waals surface area contributed by atoms with Gasteiger partial charge in [-0.2, -0.15) is 14.9 Å². The Hall–Kier alpha value is -2.39. The third kappa shape index (κ3) is 1.94. The topological polar surface area (TPSA) is 80.0 Å². The molecule has 0 bridgehead atoms. The molecule has 0 atom stereocenters. The zero-order valence-electron chi connectivity index (χ0n) is 9.71. The Morgan fingerprint density at radius 2 is 2.16 bits per heavy atom. The van der Waals surface area contributed by atoms with E-state index in [9.17, 15) is 0 Å². The lowest BCUT2D eigenvalue weighted by Crippen LogP contribution is -2.02. The molecule has 5 nitrogen and oxygen atoms in total. The van der Waals surface area contributed by atoms with Crippen molar-refractivity contribution in [1.29, 1.82) is 5.26 Å². The molecule has 92 valence electrons. The van der Waals surface area contributed by atoms with Crippen molar-refractivity contribution in [3.63, 3.8) is 0 Å². The lowest BCUT2D eigenvalue weighted by Gasteiger charge is -1.99. The predicted octanol–water partition coefficient (Wildman–Crippen LogP) is 2.61. The summed E-state index contributed by atoms with van der Waals surface area (Å²) in [5.74, 6) is 0.300. The number of anilines is 1. The van der Waals surface area contributed by atoms with Crippen molar-refractivity contribution >= 4 is 27.4 Å². The maximum atomic E-state index is 8.92. The molecule has 0 aliphatic heterocycles. The number of nitrogens with two attached hydrogens (primary N) is 1. The predicted molar refractivity (Wildman–Crippen MR) is 75.3 cm³/mol. The molecule has 19 heavy (non-hydrogen) atoms. The van der Waals surface area contributed by atoms with Gasteiger partial charge in [0.2, 0.25) is 0 Å². The number of rotatable bonds is 1. The highest BCUT2D eigenvalue weighted by molar-refractivity contribution is 9.10. The molecule has 2 aromatic heterocycles. The third-order valence-corrected chi connectivity index (χ3v) is 3.25. The zero-order chi connectivity index (χ0) is 13.4. The SMILES string of the molecule is N#Cc1cnc2cc(-c3cccc(Br)c3)nn2c1N. The van der Waals surface area contributed by atoms with E-state index >= 15 is 0 Å². The summed E-state index contributed by atoms with van der Waals surface area (Å²) in [7, 11) is 0. The van der Waals surface area contributed by atoms with Crippen molar-refractivity contribution in [3.8, 4) is 17.3 Å². The van der Waals surface area contributed by atoms with Crippen LogP contribution in [0.1, 0.15) is 5.56 Å². The van der Waals surface area contributed by atoms with Gasteiger partial charge in [-0.15, -0.1) is 0 Å². The van der Waals surface area contributed by atoms with E-state index in [1.165, 1.54) is 10.7 Å². The molecule has 0 unspecified atom stereocenters. The van der Waals surface area contributed by atoms with E-state index in [0.717, 1.165) is 15.7 Å². The van der Waals surface area contributed by atoms with Crippen molar-refractivity contribution in [2.75, 3.05) is 5.73 Å². The minimum atomic E-state index is 0.300. The van der Waals surface area contributed by atoms with Crippen LogP contribution in [0.2, 0.25) is 0 Å². The van der Waals surface area contributed by atoms with Gasteiger partial charge in [-0.05, 0) is 12.1 Å². The fourth-order valence-corrected chi connectivity index (χ4v) is 2.23. The normalized spacial score (nSPS) is 10.5. The number of aromatic nitrogens is 3. The summed E-state index contributed by atoms with van der Waals surface area (Å²) in [6.07, 6.45) is 1.46. The van der Waals surface area contributed by atoms with E-state index in [2.05, 4.69) is 26.0 Å². The fraction of sp³-hybridized carbons (Fsp3) is 0. The number of nitriles is 1. The van der Waals surface area contributed by atoms with E-state index in [0.29, 0.717) is 17.0 Å². The average Bonchev–Trinajstić information content (AvgIpc) is 2.84. The Bertz CT molecular complexity index is 816. The Morgan fingerprint density at radius 3 is 2.89 bits per heavy atom. The molecule has 1 aromatic carbocycles. The summed E-state index contributed by atoms with van der Waals surface area (Å²) in [5.41, 5.74) is 8.53. The number of nitrogen functional groups attached to an aromatic ring is 1. The quantitative estimate of drug-likeness (QED) is 0.749. The van der Waals surface area contributed by atoms with Crippen LogP contribution in [0.15, 0.2) is 41.0 Å². The van der Waals surface area contributed by atoms with Crippen molar-refractivity contribution in [2.24, 2.45) is 0 Å². The molecule has 3 aromatic rings. The minimum Gasteiger partial charge on any atom is -0.382 e. The summed E-state index contributed by atoms with van der Waals surface area (Å²) in [5, 5.41) is 13.3. The second kappa shape index (κ2) is 4.37. The van der Waals surface area contributed by atoms with Crippen molar-refractivity contribution in [1.82, 2.24) is 14.6 Å². The molecule has 2 heterocycles. The van der Waals surface area contributed by atoms with Crippen LogP contribution in [0.25, 0.3) is 16.9 Å². The van der Waals surface area contributed by atoms with Gasteiger partial charge in [-0.3, -0.25) is 0 Å². The van der Waals surface area contributed by atoms with Crippen molar-refractivity contribution in [2.45, 2.75) is 0 Å². The molecule has 0 spiro atoms. The van der Waals surface area contributed by atoms with Gasteiger partial charge in [0.1, 0.15) is 17.5 Å². The van der Waals surface area contributed by atoms with Crippen LogP contribution in [-0.2, 0) is 0 Å². The van der Waals surface area contributed by atoms with E-state index < -0.39 is 0 Å². The van der Waals surface area contributed by atoms with E-state index in [1.807, 2.05) is 36.4 Å². The number of benzene rings is 1. The second-order valence-electron chi connectivity index (χ2n) is 3.98. The summed E-state index contributed by atoms with van der Waals surface area (Å²) < 4.78 is 2.45. The Kier molecular flexibility index (Phi) is 2.69. The molecule has 0 amide bonds. The molecule has 0 aliphatic rings. The molecular weight excluding hydrogens is 306 g/mol. The van der Waals surface area contributed by atoms with Gasteiger partial charge < -0.3 is 5.73 Å². The minimum absolute atomic E-state index is 0.300. The van der Waals surface area contributed by atoms with Crippen LogP contribution in [-0.4, -0.2) is 14.6 Å². The molecule has 6 heteroatoms. The third-order valence-electron chi connectivity index (χ3n) is 2.76. The first kappa shape index (κ1) is 11.7. The van der Waals surface area contributed by atoms with E-state index in [4.69, 9.17) is 11.0 Å². The first-order chi connectivity index (χ1) is 9.19. The summed E-state index contributed by atoms with van der Waals surface area (Å²) >= 11 is 3.42. The van der Waals surface area contributed by atoms with Crippen LogP contribution < -0.4 is 5.73 Å². The summed E-state index contributed by atoms with van der Waals surface area (Å²) in [6, 6.07) is 11.6. The van der Waals surface area contributed by atoms with Crippen molar-refractivity contribution in [3.05, 3.63) is 46.6 Å². The molecule has 3 rings (SSSR count). The van der Waals surface area contributed by atoms with Crippen molar-refractivity contribution < 1.29 is 0 Å². The molecule has 0 saturated heterocycles. The highest BCUT2D eigenvalue weighted by atomic mass is 79.9. The fourth-order valence-electron chi connectivity index (χ4n) is 1.83. The molecule has 0 radical (unpaired) electrons. The maximum absolute atomic E-state index is 8.92. The monoisotopic (exact) mass is 313 g/mol. The summed E-state index contributed by atoms with van der Waals surface area (Å²) in [4.78, 5) is 4.17. The van der Waals surface area contributed by atoms with Crippen LogP contribution in [0, 0.1) is 11.3 Å². The highest BCUT2D eigenvalue weighted by Crippen LogP contribution is 2.24. The van der Waals surface area contributed by atoms with Gasteiger partial charge in [-0.1, -0.05) is 28.1 Å². The van der Waals surface area contributed by atoms with Gasteiger partial charge in [0.25, 0.3) is 0 Å². The first-order valence-corrected chi connectivity index (χ1v) is 6.28. The van der Waals surface area contributed by atoms with Gasteiger partial charge in [0, 0.05) is 16.1 Å². The molecule has 0 aliphatic carbocycles. The lowest BCUT2D eigenvalue weighted by atomic mass is 10.2. The van der Waals surface area contributed by atoms with Gasteiger partial charge in [-0.25, -0.2) is 4.98 Å². The van der Waals surface area contributed by atoms with E-state index in [1.54, 1.807) is 0 Å². The number of nitrogens with zero attached hydrogens (tertiary/aromatic N) is 4. The van der Waals surface area contributed by atoms with Crippen LogP contribution in [0.3, 0.4) is 0 Å². The second-order valence-corrected chi connectivity index (χ2v) is 4.89. The molecule has 0 fully saturated rings. The number of hydrogen-bond donors (Lipinski definition) is 1. The molecular formula is C13H8BrN5. The summed E-state index contributed by atoms with van der Waals surface area (Å²) in [6.45, 7) is 0. The Balaban J connectivity index is 2.23. The standard InChI is InChI=1S/C13H8BrN5/c14-10-3-1-2-8(4-10)11-5-12-17-7-9(6-15)13(16)19(12)18-11/h1-5,7H,16H2. The largest absolute Gasteiger partial charge is 0.382 e. The number of hydrogen-bond acceptors (Lipinski definition) is 4. The smallest absolute Gasteiger partial charge is 0.157 e.